The molecule has 2 N–H and O–H groups in total. The topological polar surface area (TPSA) is 78.9 Å². The molecule has 1 atom stereocenters. The van der Waals surface area contributed by atoms with Crippen molar-refractivity contribution in [2.75, 3.05) is 27.2 Å². The summed E-state index contributed by atoms with van der Waals surface area (Å²) in [5.41, 5.74) is 1.11. The fourth-order valence-corrected chi connectivity index (χ4v) is 4.53. The van der Waals surface area contributed by atoms with Crippen LogP contribution < -0.4 is 10.1 Å². The van der Waals surface area contributed by atoms with Crippen molar-refractivity contribution in [1.29, 1.82) is 0 Å². The number of piperidine rings is 1. The molecule has 1 amide bonds. The van der Waals surface area contributed by atoms with Crippen LogP contribution in [0.25, 0.3) is 0 Å². The lowest BCUT2D eigenvalue weighted by Crippen LogP contribution is -2.58. The summed E-state index contributed by atoms with van der Waals surface area (Å²) < 4.78 is 4.66. The molecule has 0 spiro atoms. The lowest BCUT2D eigenvalue weighted by Gasteiger charge is -2.43. The molecular formula is C18H26N2O4S. The van der Waals surface area contributed by atoms with Gasteiger partial charge in [-0.3, -0.25) is 4.79 Å². The average molecular weight is 366 g/mol. The molecule has 138 valence electrons. The normalized spacial score (nSPS) is 18.4. The minimum Gasteiger partial charge on any atom is -0.497 e. The third kappa shape index (κ3) is 5.12. The number of hydrogen-bond donors (Lipinski definition) is 2. The molecule has 1 aromatic carbocycles. The second kappa shape index (κ2) is 8.58. The van der Waals surface area contributed by atoms with Gasteiger partial charge >= 0.3 is 5.97 Å². The van der Waals surface area contributed by atoms with Crippen LogP contribution in [0, 0.1) is 0 Å². The zero-order valence-corrected chi connectivity index (χ0v) is 15.8. The summed E-state index contributed by atoms with van der Waals surface area (Å²) in [4.78, 5) is 25.6. The molecule has 0 saturated carbocycles. The molecule has 7 heteroatoms. The molecule has 1 aromatic rings. The molecule has 2 rings (SSSR count). The number of ether oxygens (including phenoxy) is 1. The Hall–Kier alpha value is -1.73. The van der Waals surface area contributed by atoms with Crippen molar-refractivity contribution in [2.24, 2.45) is 0 Å². The summed E-state index contributed by atoms with van der Waals surface area (Å²) in [5.74, 6) is 0.207. The quantitative estimate of drug-likeness (QED) is 0.768. The molecule has 0 bridgehead atoms. The monoisotopic (exact) mass is 366 g/mol. The predicted octanol–water partition coefficient (Wildman–Crippen LogP) is 1.98. The summed E-state index contributed by atoms with van der Waals surface area (Å²) in [6.45, 7) is 3.00. The molecule has 1 aliphatic rings. The van der Waals surface area contributed by atoms with Crippen molar-refractivity contribution in [3.8, 4) is 5.75 Å². The number of rotatable bonds is 7. The van der Waals surface area contributed by atoms with Gasteiger partial charge in [-0.05, 0) is 50.7 Å². The third-order valence-corrected chi connectivity index (χ3v) is 6.34. The summed E-state index contributed by atoms with van der Waals surface area (Å²) in [5, 5.41) is 12.4. The van der Waals surface area contributed by atoms with Crippen LogP contribution in [-0.2, 0) is 15.3 Å². The maximum atomic E-state index is 11.9. The SMILES string of the molecule is COc1ccc(CSC2(C(NC(C)=O)C(=O)O)CCN(C)CC2)cc1. The Morgan fingerprint density at radius 3 is 2.40 bits per heavy atom. The van der Waals surface area contributed by atoms with Crippen LogP contribution in [0.3, 0.4) is 0 Å². The molecule has 0 aliphatic carbocycles. The van der Waals surface area contributed by atoms with Crippen LogP contribution in [0.1, 0.15) is 25.3 Å². The number of nitrogens with zero attached hydrogens (tertiary/aromatic N) is 1. The van der Waals surface area contributed by atoms with E-state index >= 15 is 0 Å². The van der Waals surface area contributed by atoms with E-state index in [9.17, 15) is 14.7 Å². The number of nitrogens with one attached hydrogen (secondary N) is 1. The smallest absolute Gasteiger partial charge is 0.327 e. The Kier molecular flexibility index (Phi) is 6.72. The molecule has 0 aromatic heterocycles. The highest BCUT2D eigenvalue weighted by Gasteiger charge is 2.45. The Balaban J connectivity index is 2.18. The van der Waals surface area contributed by atoms with E-state index in [1.54, 1.807) is 18.9 Å². The molecule has 1 saturated heterocycles. The first-order chi connectivity index (χ1) is 11.9. The van der Waals surface area contributed by atoms with Gasteiger partial charge in [-0.2, -0.15) is 0 Å². The maximum absolute atomic E-state index is 11.9. The van der Waals surface area contributed by atoms with Gasteiger partial charge in [-0.25, -0.2) is 4.79 Å². The van der Waals surface area contributed by atoms with E-state index in [1.807, 2.05) is 31.3 Å². The lowest BCUT2D eigenvalue weighted by atomic mass is 9.88. The Morgan fingerprint density at radius 2 is 1.92 bits per heavy atom. The maximum Gasteiger partial charge on any atom is 0.327 e. The number of carbonyl (C=O) groups excluding carboxylic acids is 1. The van der Waals surface area contributed by atoms with E-state index in [1.165, 1.54) is 6.92 Å². The Labute approximate surface area is 152 Å². The molecular weight excluding hydrogens is 340 g/mol. The molecule has 25 heavy (non-hydrogen) atoms. The van der Waals surface area contributed by atoms with Gasteiger partial charge in [0.15, 0.2) is 0 Å². The third-order valence-electron chi connectivity index (χ3n) is 4.64. The number of methoxy groups -OCH3 is 1. The summed E-state index contributed by atoms with van der Waals surface area (Å²) in [7, 11) is 3.66. The van der Waals surface area contributed by atoms with Crippen molar-refractivity contribution in [2.45, 2.75) is 36.3 Å². The zero-order chi connectivity index (χ0) is 18.4. The van der Waals surface area contributed by atoms with Gasteiger partial charge in [0.2, 0.25) is 5.91 Å². The predicted molar refractivity (Wildman–Crippen MR) is 99.0 cm³/mol. The molecule has 1 fully saturated rings. The number of benzene rings is 1. The first-order valence-corrected chi connectivity index (χ1v) is 9.30. The lowest BCUT2D eigenvalue weighted by molar-refractivity contribution is -0.143. The second-order valence-electron chi connectivity index (χ2n) is 6.48. The van der Waals surface area contributed by atoms with Crippen LogP contribution in [-0.4, -0.2) is 59.9 Å². The fraction of sp³-hybridized carbons (Fsp3) is 0.556. The number of carboxylic acid groups (broad SMARTS) is 1. The molecule has 6 nitrogen and oxygen atoms in total. The number of hydrogen-bond acceptors (Lipinski definition) is 5. The highest BCUT2D eigenvalue weighted by Crippen LogP contribution is 2.41. The van der Waals surface area contributed by atoms with Gasteiger partial charge in [0.05, 0.1) is 7.11 Å². The summed E-state index contributed by atoms with van der Waals surface area (Å²) >= 11 is 1.63. The summed E-state index contributed by atoms with van der Waals surface area (Å²) in [6, 6.07) is 6.90. The van der Waals surface area contributed by atoms with Crippen LogP contribution in [0.5, 0.6) is 5.75 Å². The number of aliphatic carboxylic acids is 1. The van der Waals surface area contributed by atoms with E-state index in [0.717, 1.165) is 37.2 Å². The van der Waals surface area contributed by atoms with Gasteiger partial charge in [0.1, 0.15) is 11.8 Å². The molecule has 1 unspecified atom stereocenters. The van der Waals surface area contributed by atoms with E-state index in [2.05, 4.69) is 10.2 Å². The van der Waals surface area contributed by atoms with Gasteiger partial charge in [-0.15, -0.1) is 11.8 Å². The van der Waals surface area contributed by atoms with Crippen molar-refractivity contribution < 1.29 is 19.4 Å². The Bertz CT molecular complexity index is 598. The molecule has 0 radical (unpaired) electrons. The summed E-state index contributed by atoms with van der Waals surface area (Å²) in [6.07, 6.45) is 1.45. The number of thioether (sulfide) groups is 1. The van der Waals surface area contributed by atoms with Crippen LogP contribution in [0.15, 0.2) is 24.3 Å². The first-order valence-electron chi connectivity index (χ1n) is 8.31. The van der Waals surface area contributed by atoms with Crippen molar-refractivity contribution >= 4 is 23.6 Å². The van der Waals surface area contributed by atoms with Gasteiger partial charge in [0, 0.05) is 17.4 Å². The minimum absolute atomic E-state index is 0.309. The number of carboxylic acids is 1. The largest absolute Gasteiger partial charge is 0.497 e. The van der Waals surface area contributed by atoms with Crippen molar-refractivity contribution in [3.05, 3.63) is 29.8 Å². The van der Waals surface area contributed by atoms with E-state index < -0.39 is 16.8 Å². The number of likely N-dealkylation sites (tertiary alicyclic amines) is 1. The average Bonchev–Trinajstić information content (AvgIpc) is 2.60. The van der Waals surface area contributed by atoms with Crippen LogP contribution >= 0.6 is 11.8 Å². The highest BCUT2D eigenvalue weighted by molar-refractivity contribution is 8.00. The molecule has 1 heterocycles. The standard InChI is InChI=1S/C18H26N2O4S/c1-13(21)19-16(17(22)23)18(8-10-20(2)11-9-18)25-12-14-4-6-15(24-3)7-5-14/h4-7,16H,8-12H2,1-3H3,(H,19,21)(H,22,23). The van der Waals surface area contributed by atoms with Crippen molar-refractivity contribution in [3.63, 3.8) is 0 Å². The van der Waals surface area contributed by atoms with Gasteiger partial charge < -0.3 is 20.1 Å². The molecule has 1 aliphatic heterocycles. The van der Waals surface area contributed by atoms with Crippen LogP contribution in [0.4, 0.5) is 0 Å². The van der Waals surface area contributed by atoms with E-state index in [-0.39, 0.29) is 5.91 Å². The van der Waals surface area contributed by atoms with Gasteiger partial charge in [0.25, 0.3) is 0 Å². The zero-order valence-electron chi connectivity index (χ0n) is 14.9. The Morgan fingerprint density at radius 1 is 1.32 bits per heavy atom. The van der Waals surface area contributed by atoms with Crippen molar-refractivity contribution in [1.82, 2.24) is 10.2 Å². The highest BCUT2D eigenvalue weighted by atomic mass is 32.2. The first kappa shape index (κ1) is 19.6. The van der Waals surface area contributed by atoms with E-state index in [4.69, 9.17) is 4.74 Å². The van der Waals surface area contributed by atoms with Crippen LogP contribution in [0.2, 0.25) is 0 Å². The van der Waals surface area contributed by atoms with Gasteiger partial charge in [-0.1, -0.05) is 12.1 Å². The number of amides is 1. The second-order valence-corrected chi connectivity index (χ2v) is 7.87. The minimum atomic E-state index is -0.970. The number of carbonyl (C=O) groups is 2. The fourth-order valence-electron chi connectivity index (χ4n) is 3.08. The van der Waals surface area contributed by atoms with E-state index in [0.29, 0.717) is 5.75 Å².